The largest absolute Gasteiger partial charge is 0.342 e. The molecule has 0 saturated heterocycles. The Morgan fingerprint density at radius 1 is 1.44 bits per heavy atom. The second-order valence-electron chi connectivity index (χ2n) is 5.15. The van der Waals surface area contributed by atoms with Gasteiger partial charge >= 0.3 is 0 Å². The van der Waals surface area contributed by atoms with Crippen LogP contribution in [-0.4, -0.2) is 54.5 Å². The van der Waals surface area contributed by atoms with Crippen LogP contribution < -0.4 is 5.73 Å². The molecule has 1 rings (SSSR count). The molecule has 0 spiro atoms. The van der Waals surface area contributed by atoms with Crippen molar-refractivity contribution in [3.63, 3.8) is 0 Å². The first-order valence-corrected chi connectivity index (χ1v) is 6.11. The molecule has 1 atom stereocenters. The summed E-state index contributed by atoms with van der Waals surface area (Å²) in [6, 6.07) is 0.492. The third-order valence-corrected chi connectivity index (χ3v) is 3.98. The van der Waals surface area contributed by atoms with Crippen LogP contribution in [0.3, 0.4) is 0 Å². The zero-order valence-electron chi connectivity index (χ0n) is 11.0. The summed E-state index contributed by atoms with van der Waals surface area (Å²) in [5, 5.41) is 0. The highest BCUT2D eigenvalue weighted by molar-refractivity contribution is 5.78. The van der Waals surface area contributed by atoms with Crippen LogP contribution in [0.4, 0.5) is 0 Å². The first-order chi connectivity index (χ1) is 7.44. The Hall–Kier alpha value is -0.610. The molecule has 0 aromatic rings. The summed E-state index contributed by atoms with van der Waals surface area (Å²) in [6.07, 6.45) is 3.28. The highest BCUT2D eigenvalue weighted by Crippen LogP contribution is 2.25. The Kier molecular flexibility index (Phi) is 4.33. The third kappa shape index (κ3) is 2.95. The quantitative estimate of drug-likeness (QED) is 0.725. The van der Waals surface area contributed by atoms with Gasteiger partial charge in [-0.25, -0.2) is 0 Å². The van der Waals surface area contributed by atoms with Crippen LogP contribution in [0.2, 0.25) is 0 Å². The lowest BCUT2D eigenvalue weighted by molar-refractivity contribution is -0.132. The summed E-state index contributed by atoms with van der Waals surface area (Å²) < 4.78 is 0. The van der Waals surface area contributed by atoms with E-state index >= 15 is 0 Å². The van der Waals surface area contributed by atoms with E-state index in [2.05, 4.69) is 18.7 Å². The molecule has 0 aromatic heterocycles. The molecule has 0 radical (unpaired) electrons. The van der Waals surface area contributed by atoms with Gasteiger partial charge in [-0.3, -0.25) is 9.69 Å². The maximum Gasteiger partial charge on any atom is 0.236 e. The second-order valence-corrected chi connectivity index (χ2v) is 5.15. The Balaban J connectivity index is 2.48. The molecular formula is C12H25N3O. The standard InChI is InChI=1S/C12H25N3O/c1-5-12(2,9-13)14(3)8-11(16)15(4)10-6-7-10/h10H,5-9,13H2,1-4H3. The van der Waals surface area contributed by atoms with E-state index in [-0.39, 0.29) is 11.4 Å². The molecule has 1 aliphatic rings. The zero-order chi connectivity index (χ0) is 12.3. The third-order valence-electron chi connectivity index (χ3n) is 3.98. The fraction of sp³-hybridized carbons (Fsp3) is 0.917. The lowest BCUT2D eigenvalue weighted by atomic mass is 9.97. The zero-order valence-corrected chi connectivity index (χ0v) is 11.0. The van der Waals surface area contributed by atoms with Gasteiger partial charge in [0.05, 0.1) is 6.54 Å². The smallest absolute Gasteiger partial charge is 0.236 e. The summed E-state index contributed by atoms with van der Waals surface area (Å²) in [4.78, 5) is 15.9. The van der Waals surface area contributed by atoms with Gasteiger partial charge in [0.15, 0.2) is 0 Å². The average molecular weight is 227 g/mol. The Morgan fingerprint density at radius 2 is 2.00 bits per heavy atom. The van der Waals surface area contributed by atoms with Gasteiger partial charge in [-0.05, 0) is 33.2 Å². The van der Waals surface area contributed by atoms with E-state index in [1.807, 2.05) is 19.0 Å². The van der Waals surface area contributed by atoms with E-state index in [1.165, 1.54) is 0 Å². The van der Waals surface area contributed by atoms with E-state index in [9.17, 15) is 4.79 Å². The van der Waals surface area contributed by atoms with Crippen LogP contribution in [0.5, 0.6) is 0 Å². The second kappa shape index (κ2) is 5.15. The number of nitrogens with two attached hydrogens (primary N) is 1. The van der Waals surface area contributed by atoms with Crippen molar-refractivity contribution in [1.29, 1.82) is 0 Å². The molecule has 16 heavy (non-hydrogen) atoms. The molecule has 4 nitrogen and oxygen atoms in total. The minimum atomic E-state index is -0.0694. The van der Waals surface area contributed by atoms with Gasteiger partial charge in [0.2, 0.25) is 5.91 Å². The minimum Gasteiger partial charge on any atom is -0.342 e. The molecule has 2 N–H and O–H groups in total. The lowest BCUT2D eigenvalue weighted by Gasteiger charge is -2.37. The van der Waals surface area contributed by atoms with Gasteiger partial charge in [0.1, 0.15) is 0 Å². The van der Waals surface area contributed by atoms with Crippen molar-refractivity contribution in [2.75, 3.05) is 27.2 Å². The number of amides is 1. The Bertz CT molecular complexity index is 247. The van der Waals surface area contributed by atoms with Gasteiger partial charge in [0, 0.05) is 25.2 Å². The monoisotopic (exact) mass is 227 g/mol. The first-order valence-electron chi connectivity index (χ1n) is 6.11. The predicted molar refractivity (Wildman–Crippen MR) is 66.2 cm³/mol. The van der Waals surface area contributed by atoms with Crippen LogP contribution in [0.1, 0.15) is 33.1 Å². The van der Waals surface area contributed by atoms with Crippen LogP contribution in [0.15, 0.2) is 0 Å². The molecule has 1 amide bonds. The van der Waals surface area contributed by atoms with E-state index in [4.69, 9.17) is 5.73 Å². The number of rotatable bonds is 6. The molecule has 1 unspecified atom stereocenters. The highest BCUT2D eigenvalue weighted by atomic mass is 16.2. The Labute approximate surface area is 98.8 Å². The molecule has 4 heteroatoms. The summed E-state index contributed by atoms with van der Waals surface area (Å²) in [5.74, 6) is 0.207. The summed E-state index contributed by atoms with van der Waals surface area (Å²) >= 11 is 0. The maximum absolute atomic E-state index is 12.0. The number of nitrogens with zero attached hydrogens (tertiary/aromatic N) is 2. The van der Waals surface area contributed by atoms with E-state index in [1.54, 1.807) is 0 Å². The van der Waals surface area contributed by atoms with Gasteiger partial charge < -0.3 is 10.6 Å². The van der Waals surface area contributed by atoms with Crippen molar-refractivity contribution in [3.05, 3.63) is 0 Å². The van der Waals surface area contributed by atoms with Crippen molar-refractivity contribution in [3.8, 4) is 0 Å². The maximum atomic E-state index is 12.0. The fourth-order valence-electron chi connectivity index (χ4n) is 1.74. The molecule has 1 saturated carbocycles. The first kappa shape index (κ1) is 13.5. The fourth-order valence-corrected chi connectivity index (χ4v) is 1.74. The number of hydrogen-bond acceptors (Lipinski definition) is 3. The molecule has 1 aliphatic carbocycles. The van der Waals surface area contributed by atoms with Crippen LogP contribution >= 0.6 is 0 Å². The van der Waals surface area contributed by atoms with E-state index in [0.717, 1.165) is 19.3 Å². The van der Waals surface area contributed by atoms with Gasteiger partial charge in [-0.2, -0.15) is 0 Å². The number of hydrogen-bond donors (Lipinski definition) is 1. The van der Waals surface area contributed by atoms with Crippen molar-refractivity contribution in [2.45, 2.75) is 44.7 Å². The molecule has 0 aliphatic heterocycles. The summed E-state index contributed by atoms with van der Waals surface area (Å²) in [7, 11) is 3.88. The lowest BCUT2D eigenvalue weighted by Crippen LogP contribution is -2.52. The van der Waals surface area contributed by atoms with E-state index < -0.39 is 0 Å². The number of carbonyl (C=O) groups is 1. The van der Waals surface area contributed by atoms with Gasteiger partial charge in [0.25, 0.3) is 0 Å². The van der Waals surface area contributed by atoms with Gasteiger partial charge in [-0.1, -0.05) is 6.92 Å². The van der Waals surface area contributed by atoms with Crippen LogP contribution in [-0.2, 0) is 4.79 Å². The SMILES string of the molecule is CCC(C)(CN)N(C)CC(=O)N(C)C1CC1. The predicted octanol–water partition coefficient (Wildman–Crippen LogP) is 0.666. The molecule has 1 fully saturated rings. The van der Waals surface area contributed by atoms with Crippen molar-refractivity contribution in [2.24, 2.45) is 5.73 Å². The molecule has 0 bridgehead atoms. The van der Waals surface area contributed by atoms with Crippen LogP contribution in [0, 0.1) is 0 Å². The van der Waals surface area contributed by atoms with E-state index in [0.29, 0.717) is 19.1 Å². The normalized spacial score (nSPS) is 19.6. The molecule has 0 aromatic carbocycles. The van der Waals surface area contributed by atoms with Gasteiger partial charge in [-0.15, -0.1) is 0 Å². The highest BCUT2D eigenvalue weighted by Gasteiger charge is 2.32. The summed E-state index contributed by atoms with van der Waals surface area (Å²) in [5.41, 5.74) is 5.71. The minimum absolute atomic E-state index is 0.0694. The summed E-state index contributed by atoms with van der Waals surface area (Å²) in [6.45, 7) is 5.27. The molecular weight excluding hydrogens is 202 g/mol. The van der Waals surface area contributed by atoms with Crippen molar-refractivity contribution >= 4 is 5.91 Å². The van der Waals surface area contributed by atoms with Crippen molar-refractivity contribution < 1.29 is 4.79 Å². The average Bonchev–Trinajstić information content (AvgIpc) is 3.10. The van der Waals surface area contributed by atoms with Crippen LogP contribution in [0.25, 0.3) is 0 Å². The molecule has 94 valence electrons. The van der Waals surface area contributed by atoms with Crippen molar-refractivity contribution in [1.82, 2.24) is 9.80 Å². The number of likely N-dealkylation sites (N-methyl/N-ethyl adjacent to an activating group) is 2. The topological polar surface area (TPSA) is 49.6 Å². The Morgan fingerprint density at radius 3 is 2.38 bits per heavy atom. The number of carbonyl (C=O) groups excluding carboxylic acids is 1. The molecule has 0 heterocycles.